The number of rotatable bonds is 5. The van der Waals surface area contributed by atoms with Crippen molar-refractivity contribution in [3.05, 3.63) is 53.9 Å². The first-order valence-electron chi connectivity index (χ1n) is 6.28. The predicted molar refractivity (Wildman–Crippen MR) is 77.6 cm³/mol. The van der Waals surface area contributed by atoms with Crippen LogP contribution < -0.4 is 0 Å². The summed E-state index contributed by atoms with van der Waals surface area (Å²) >= 11 is 0. The summed E-state index contributed by atoms with van der Waals surface area (Å²) in [5.74, 6) is -1.20. The highest BCUT2D eigenvalue weighted by Crippen LogP contribution is 2.25. The van der Waals surface area contributed by atoms with E-state index in [4.69, 9.17) is 5.11 Å². The fraction of sp³-hybridized carbons (Fsp3) is 0.214. The van der Waals surface area contributed by atoms with E-state index in [1.807, 2.05) is 30.3 Å². The lowest BCUT2D eigenvalue weighted by Crippen LogP contribution is -2.29. The van der Waals surface area contributed by atoms with Gasteiger partial charge in [0, 0.05) is 19.3 Å². The second-order valence-corrected chi connectivity index (χ2v) is 6.66. The van der Waals surface area contributed by atoms with E-state index >= 15 is 0 Å². The number of carboxylic acids is 1. The van der Waals surface area contributed by atoms with E-state index in [2.05, 4.69) is 4.98 Å². The van der Waals surface area contributed by atoms with Crippen LogP contribution in [0.3, 0.4) is 0 Å². The molecule has 7 heteroatoms. The molecule has 0 aliphatic rings. The van der Waals surface area contributed by atoms with Crippen molar-refractivity contribution in [1.82, 2.24) is 9.29 Å². The van der Waals surface area contributed by atoms with Gasteiger partial charge < -0.3 is 10.1 Å². The van der Waals surface area contributed by atoms with E-state index < -0.39 is 16.0 Å². The summed E-state index contributed by atoms with van der Waals surface area (Å²) in [5.41, 5.74) is 0.701. The highest BCUT2D eigenvalue weighted by atomic mass is 32.2. The first kappa shape index (κ1) is 15.3. The van der Waals surface area contributed by atoms with Crippen LogP contribution in [0.1, 0.15) is 29.0 Å². The van der Waals surface area contributed by atoms with Gasteiger partial charge in [-0.05, 0) is 18.6 Å². The highest BCUT2D eigenvalue weighted by molar-refractivity contribution is 7.89. The summed E-state index contributed by atoms with van der Waals surface area (Å²) in [7, 11) is -2.29. The van der Waals surface area contributed by atoms with Gasteiger partial charge in [-0.3, -0.25) is 0 Å². The van der Waals surface area contributed by atoms with Gasteiger partial charge in [0.05, 0.1) is 0 Å². The molecule has 0 saturated heterocycles. The number of hydrogen-bond donors (Lipinski definition) is 2. The summed E-state index contributed by atoms with van der Waals surface area (Å²) in [6.07, 6.45) is 1.19. The minimum atomic E-state index is -3.76. The quantitative estimate of drug-likeness (QED) is 0.885. The average Bonchev–Trinajstić information content (AvgIpc) is 2.97. The molecule has 0 radical (unpaired) electrons. The number of nitrogens with zero attached hydrogens (tertiary/aromatic N) is 1. The van der Waals surface area contributed by atoms with Gasteiger partial charge in [-0.15, -0.1) is 0 Å². The molecule has 1 unspecified atom stereocenters. The molecule has 0 aliphatic heterocycles. The zero-order chi connectivity index (χ0) is 15.6. The van der Waals surface area contributed by atoms with Gasteiger partial charge in [0.1, 0.15) is 10.6 Å². The predicted octanol–water partition coefficient (Wildman–Crippen LogP) is 2.09. The first-order valence-corrected chi connectivity index (χ1v) is 7.72. The molecule has 1 heterocycles. The van der Waals surface area contributed by atoms with Crippen molar-refractivity contribution in [3.8, 4) is 0 Å². The van der Waals surface area contributed by atoms with Crippen LogP contribution in [0.25, 0.3) is 0 Å². The molecule has 6 nitrogen and oxygen atoms in total. The molecule has 1 atom stereocenters. The van der Waals surface area contributed by atoms with Crippen molar-refractivity contribution in [2.75, 3.05) is 7.05 Å². The van der Waals surface area contributed by atoms with Crippen LogP contribution in [0.4, 0.5) is 0 Å². The fourth-order valence-corrected chi connectivity index (χ4v) is 3.31. The minimum absolute atomic E-state index is 0.0646. The molecule has 0 fully saturated rings. The Morgan fingerprint density at radius 2 is 1.90 bits per heavy atom. The van der Waals surface area contributed by atoms with Gasteiger partial charge in [0.2, 0.25) is 10.0 Å². The molecule has 0 spiro atoms. The number of carbonyl (C=O) groups is 1. The van der Waals surface area contributed by atoms with Crippen LogP contribution in [-0.2, 0) is 10.0 Å². The van der Waals surface area contributed by atoms with Gasteiger partial charge in [-0.25, -0.2) is 13.2 Å². The van der Waals surface area contributed by atoms with E-state index in [0.29, 0.717) is 0 Å². The number of aromatic amines is 1. The Balaban J connectivity index is 2.32. The highest BCUT2D eigenvalue weighted by Gasteiger charge is 2.27. The van der Waals surface area contributed by atoms with E-state index in [1.165, 1.54) is 17.5 Å². The summed E-state index contributed by atoms with van der Waals surface area (Å²) in [6.45, 7) is 1.78. The molecule has 0 bridgehead atoms. The maximum atomic E-state index is 12.5. The largest absolute Gasteiger partial charge is 0.477 e. The van der Waals surface area contributed by atoms with E-state index in [9.17, 15) is 13.2 Å². The average molecular weight is 308 g/mol. The SMILES string of the molecule is CC(c1ccccc1)N(C)S(=O)(=O)c1c[nH]c(C(=O)O)c1. The molecule has 2 rings (SSSR count). The fourth-order valence-electron chi connectivity index (χ4n) is 1.96. The number of nitrogens with one attached hydrogen (secondary N) is 1. The topological polar surface area (TPSA) is 90.5 Å². The summed E-state index contributed by atoms with van der Waals surface area (Å²) < 4.78 is 26.2. The van der Waals surface area contributed by atoms with E-state index in [-0.39, 0.29) is 16.6 Å². The van der Waals surface area contributed by atoms with E-state index in [1.54, 1.807) is 6.92 Å². The monoisotopic (exact) mass is 308 g/mol. The second kappa shape index (κ2) is 5.71. The lowest BCUT2D eigenvalue weighted by molar-refractivity contribution is 0.0691. The third kappa shape index (κ3) is 2.98. The zero-order valence-electron chi connectivity index (χ0n) is 11.6. The lowest BCUT2D eigenvalue weighted by Gasteiger charge is -2.24. The maximum Gasteiger partial charge on any atom is 0.352 e. The van der Waals surface area contributed by atoms with E-state index in [0.717, 1.165) is 11.6 Å². The van der Waals surface area contributed by atoms with Gasteiger partial charge in [0.25, 0.3) is 0 Å². The molecular weight excluding hydrogens is 292 g/mol. The maximum absolute atomic E-state index is 12.5. The van der Waals surface area contributed by atoms with Crippen LogP contribution >= 0.6 is 0 Å². The van der Waals surface area contributed by atoms with Crippen LogP contribution in [0.2, 0.25) is 0 Å². The number of aromatic carboxylic acids is 1. The molecule has 2 aromatic rings. The molecule has 1 aromatic heterocycles. The van der Waals surface area contributed by atoms with Crippen molar-refractivity contribution in [3.63, 3.8) is 0 Å². The Kier molecular flexibility index (Phi) is 4.15. The van der Waals surface area contributed by atoms with Gasteiger partial charge >= 0.3 is 5.97 Å². The summed E-state index contributed by atoms with van der Waals surface area (Å²) in [4.78, 5) is 13.2. The van der Waals surface area contributed by atoms with Gasteiger partial charge in [0.15, 0.2) is 0 Å². The Bertz CT molecular complexity index is 737. The van der Waals surface area contributed by atoms with Crippen LogP contribution in [0.15, 0.2) is 47.5 Å². The Morgan fingerprint density at radius 3 is 2.43 bits per heavy atom. The van der Waals surface area contributed by atoms with Crippen molar-refractivity contribution in [2.45, 2.75) is 17.9 Å². The van der Waals surface area contributed by atoms with Crippen molar-refractivity contribution >= 4 is 16.0 Å². The van der Waals surface area contributed by atoms with Gasteiger partial charge in [-0.2, -0.15) is 4.31 Å². The van der Waals surface area contributed by atoms with Crippen LogP contribution in [0.5, 0.6) is 0 Å². The zero-order valence-corrected chi connectivity index (χ0v) is 12.5. The number of hydrogen-bond acceptors (Lipinski definition) is 3. The standard InChI is InChI=1S/C14H16N2O4S/c1-10(11-6-4-3-5-7-11)16(2)21(19,20)12-8-13(14(17)18)15-9-12/h3-10,15H,1-2H3,(H,17,18). The summed E-state index contributed by atoms with van der Waals surface area (Å²) in [6, 6.07) is 9.98. The first-order chi connectivity index (χ1) is 9.84. The number of benzene rings is 1. The van der Waals surface area contributed by atoms with Crippen LogP contribution in [-0.4, -0.2) is 35.8 Å². The number of carboxylic acid groups (broad SMARTS) is 1. The van der Waals surface area contributed by atoms with Crippen LogP contribution in [0, 0.1) is 0 Å². The Labute approximate surface area is 123 Å². The molecule has 2 N–H and O–H groups in total. The molecule has 0 aliphatic carbocycles. The third-order valence-corrected chi connectivity index (χ3v) is 5.30. The van der Waals surface area contributed by atoms with Crippen molar-refractivity contribution in [1.29, 1.82) is 0 Å². The minimum Gasteiger partial charge on any atom is -0.477 e. The second-order valence-electron chi connectivity index (χ2n) is 4.66. The number of aromatic nitrogens is 1. The molecule has 0 saturated carbocycles. The number of sulfonamides is 1. The summed E-state index contributed by atoms with van der Waals surface area (Å²) in [5, 5.41) is 8.85. The lowest BCUT2D eigenvalue weighted by atomic mass is 10.1. The van der Waals surface area contributed by atoms with Crippen molar-refractivity contribution in [2.24, 2.45) is 0 Å². The normalized spacial score (nSPS) is 13.3. The third-order valence-electron chi connectivity index (χ3n) is 3.39. The molecule has 1 aromatic carbocycles. The molecule has 112 valence electrons. The smallest absolute Gasteiger partial charge is 0.352 e. The Hall–Kier alpha value is -2.12. The molecular formula is C14H16N2O4S. The molecule has 0 amide bonds. The molecule has 21 heavy (non-hydrogen) atoms. The van der Waals surface area contributed by atoms with Gasteiger partial charge in [-0.1, -0.05) is 30.3 Å². The Morgan fingerprint density at radius 1 is 1.29 bits per heavy atom. The number of H-pyrrole nitrogens is 1. The van der Waals surface area contributed by atoms with Crippen molar-refractivity contribution < 1.29 is 18.3 Å².